The first-order valence-corrected chi connectivity index (χ1v) is 10.6. The van der Waals surface area contributed by atoms with Gasteiger partial charge in [-0.3, -0.25) is 4.68 Å². The minimum absolute atomic E-state index is 0.0348. The number of anilines is 1. The van der Waals surface area contributed by atoms with Crippen molar-refractivity contribution in [2.75, 3.05) is 5.32 Å². The van der Waals surface area contributed by atoms with E-state index in [9.17, 15) is 9.00 Å². The first kappa shape index (κ1) is 21.0. The largest absolute Gasteiger partial charge is 0.332 e. The van der Waals surface area contributed by atoms with E-state index in [-0.39, 0.29) is 22.9 Å². The molecule has 0 aliphatic carbocycles. The van der Waals surface area contributed by atoms with Gasteiger partial charge in [0.25, 0.3) is 0 Å². The lowest BCUT2D eigenvalue weighted by Gasteiger charge is -2.20. The van der Waals surface area contributed by atoms with E-state index in [1.807, 2.05) is 32.0 Å². The number of nitrogens with one attached hydrogen (secondary N) is 3. The van der Waals surface area contributed by atoms with E-state index >= 15 is 0 Å². The van der Waals surface area contributed by atoms with Gasteiger partial charge in [-0.15, -0.1) is 0 Å². The number of para-hydroxylation sites is 1. The van der Waals surface area contributed by atoms with Crippen LogP contribution in [0.5, 0.6) is 0 Å². The highest BCUT2D eigenvalue weighted by atomic mass is 32.2. The summed E-state index contributed by atoms with van der Waals surface area (Å²) in [6.07, 6.45) is 1.65. The molecule has 1 atom stereocenters. The Hall–Kier alpha value is -2.35. The molecule has 3 N–H and O–H groups in total. The molecule has 148 valence electrons. The van der Waals surface area contributed by atoms with Crippen LogP contribution in [0.3, 0.4) is 0 Å². The molecule has 1 heterocycles. The van der Waals surface area contributed by atoms with Gasteiger partial charge in [0.2, 0.25) is 0 Å². The molecule has 0 bridgehead atoms. The summed E-state index contributed by atoms with van der Waals surface area (Å²) < 4.78 is 24.6. The lowest BCUT2D eigenvalue weighted by atomic mass is 9.93. The van der Waals surface area contributed by atoms with Crippen molar-refractivity contribution in [3.8, 4) is 0 Å². The monoisotopic (exact) mass is 391 g/mol. The number of nitrogens with zero attached hydrogens (tertiary/aromatic N) is 2. The Morgan fingerprint density at radius 2 is 1.63 bits per heavy atom. The molecule has 0 aliphatic heterocycles. The highest BCUT2D eigenvalue weighted by Crippen LogP contribution is 2.32. The average molecular weight is 392 g/mol. The molecular formula is C19H29N5O2S. The van der Waals surface area contributed by atoms with Crippen molar-refractivity contribution >= 4 is 21.6 Å². The summed E-state index contributed by atoms with van der Waals surface area (Å²) in [5.74, 6) is 0.419. The molecular weight excluding hydrogens is 362 g/mol. The minimum Gasteiger partial charge on any atom is -0.307 e. The third-order valence-electron chi connectivity index (χ3n) is 4.26. The van der Waals surface area contributed by atoms with E-state index < -0.39 is 15.9 Å². The van der Waals surface area contributed by atoms with Crippen LogP contribution in [0.15, 0.2) is 35.5 Å². The van der Waals surface area contributed by atoms with Gasteiger partial charge in [-0.05, 0) is 42.9 Å². The van der Waals surface area contributed by atoms with Crippen LogP contribution in [-0.2, 0) is 9.92 Å². The third kappa shape index (κ3) is 4.88. The number of benzene rings is 1. The van der Waals surface area contributed by atoms with Crippen LogP contribution >= 0.6 is 0 Å². The summed E-state index contributed by atoms with van der Waals surface area (Å²) >= 11 is 0. The first-order valence-electron chi connectivity index (χ1n) is 9.08. The minimum atomic E-state index is -3.55. The van der Waals surface area contributed by atoms with Gasteiger partial charge in [0.15, 0.2) is 14.9 Å². The number of carbonyl (C=O) groups is 1. The number of hydrogen-bond donors (Lipinski definition) is 3. The average Bonchev–Trinajstić information content (AvgIpc) is 3.05. The maximum Gasteiger partial charge on any atom is 0.332 e. The first-order chi connectivity index (χ1) is 12.5. The van der Waals surface area contributed by atoms with Crippen LogP contribution in [0, 0.1) is 4.78 Å². The van der Waals surface area contributed by atoms with Gasteiger partial charge in [-0.2, -0.15) is 5.10 Å². The van der Waals surface area contributed by atoms with Crippen molar-refractivity contribution in [3.63, 3.8) is 0 Å². The van der Waals surface area contributed by atoms with E-state index in [4.69, 9.17) is 4.78 Å². The number of hydrogen-bond acceptors (Lipinski definition) is 4. The number of urea groups is 1. The van der Waals surface area contributed by atoms with Crippen molar-refractivity contribution in [1.29, 1.82) is 4.78 Å². The van der Waals surface area contributed by atoms with Crippen molar-refractivity contribution in [3.05, 3.63) is 41.6 Å². The highest BCUT2D eigenvalue weighted by Gasteiger charge is 2.20. The molecule has 8 heteroatoms. The van der Waals surface area contributed by atoms with Crippen LogP contribution in [-0.4, -0.2) is 20.0 Å². The zero-order valence-electron chi connectivity index (χ0n) is 16.7. The van der Waals surface area contributed by atoms with Crippen LogP contribution in [0.4, 0.5) is 10.5 Å². The van der Waals surface area contributed by atoms with Gasteiger partial charge in [-0.1, -0.05) is 45.9 Å². The molecule has 0 spiro atoms. The quantitative estimate of drug-likeness (QED) is 0.656. The van der Waals surface area contributed by atoms with E-state index in [1.165, 1.54) is 6.07 Å². The zero-order valence-corrected chi connectivity index (χ0v) is 17.6. The molecule has 7 nitrogen and oxygen atoms in total. The Labute approximate surface area is 161 Å². The lowest BCUT2D eigenvalue weighted by molar-refractivity contribution is 0.256. The summed E-state index contributed by atoms with van der Waals surface area (Å²) in [5, 5.41) is 6.99. The molecule has 2 amide bonds. The number of amides is 2. The lowest BCUT2D eigenvalue weighted by Crippen LogP contribution is -2.34. The molecule has 1 aromatic heterocycles. The summed E-state index contributed by atoms with van der Waals surface area (Å²) in [6, 6.07) is 6.80. The maximum absolute atomic E-state index is 12.7. The molecule has 27 heavy (non-hydrogen) atoms. The van der Waals surface area contributed by atoms with Crippen molar-refractivity contribution < 1.29 is 9.00 Å². The number of aromatic nitrogens is 2. The van der Waals surface area contributed by atoms with Crippen LogP contribution in [0.25, 0.3) is 0 Å². The molecule has 0 radical (unpaired) electrons. The number of rotatable bonds is 6. The fourth-order valence-corrected chi connectivity index (χ4v) is 3.66. The normalized spacial score (nSPS) is 13.8. The molecule has 1 aromatic carbocycles. The van der Waals surface area contributed by atoms with Gasteiger partial charge in [0.05, 0.1) is 0 Å². The Morgan fingerprint density at radius 3 is 2.07 bits per heavy atom. The Kier molecular flexibility index (Phi) is 6.30. The molecule has 2 aromatic rings. The van der Waals surface area contributed by atoms with Gasteiger partial charge in [0, 0.05) is 17.9 Å². The predicted octanol–water partition coefficient (Wildman–Crippen LogP) is 4.85. The summed E-state index contributed by atoms with van der Waals surface area (Å²) in [6.45, 7) is 12.1. The molecule has 1 unspecified atom stereocenters. The van der Waals surface area contributed by atoms with E-state index in [2.05, 4.69) is 42.8 Å². The van der Waals surface area contributed by atoms with Gasteiger partial charge in [0.1, 0.15) is 0 Å². The fraction of sp³-hybridized carbons (Fsp3) is 0.474. The Bertz CT molecular complexity index is 888. The fourth-order valence-electron chi connectivity index (χ4n) is 2.78. The van der Waals surface area contributed by atoms with E-state index in [0.717, 1.165) is 11.1 Å². The SMILES string of the molecule is CC(C)c1cccc(C(C)C)c1NC(=O)NS(=N)(=O)c1ccn(C(C)C)n1. The Balaban J connectivity index is 2.27. The second-order valence-corrected chi connectivity index (χ2v) is 9.20. The topological polar surface area (TPSA) is 99.9 Å². The second kappa shape index (κ2) is 8.12. The van der Waals surface area contributed by atoms with Crippen molar-refractivity contribution in [2.45, 2.75) is 64.4 Å². The zero-order chi connectivity index (χ0) is 20.4. The number of carbonyl (C=O) groups excluding carboxylic acids is 1. The summed E-state index contributed by atoms with van der Waals surface area (Å²) in [4.78, 5) is 12.5. The van der Waals surface area contributed by atoms with Gasteiger partial charge in [-0.25, -0.2) is 18.5 Å². The maximum atomic E-state index is 12.7. The summed E-state index contributed by atoms with van der Waals surface area (Å²) in [7, 11) is -3.55. The highest BCUT2D eigenvalue weighted by molar-refractivity contribution is 7.91. The molecule has 2 rings (SSSR count). The third-order valence-corrected chi connectivity index (χ3v) is 5.53. The predicted molar refractivity (Wildman–Crippen MR) is 109 cm³/mol. The van der Waals surface area contributed by atoms with Crippen molar-refractivity contribution in [1.82, 2.24) is 14.5 Å². The van der Waals surface area contributed by atoms with E-state index in [1.54, 1.807) is 10.9 Å². The summed E-state index contributed by atoms with van der Waals surface area (Å²) in [5.41, 5.74) is 2.71. The van der Waals surface area contributed by atoms with Crippen LogP contribution in [0.1, 0.15) is 70.5 Å². The van der Waals surface area contributed by atoms with Crippen LogP contribution in [0.2, 0.25) is 0 Å². The van der Waals surface area contributed by atoms with Gasteiger partial charge >= 0.3 is 6.03 Å². The standard InChI is InChI=1S/C19H29N5O2S/c1-12(2)15-8-7-9-16(13(3)4)18(15)21-19(25)23-27(20,26)17-10-11-24(22-17)14(5)6/h7-14H,1-6H3,(H3,20,21,23,25,26). The van der Waals surface area contributed by atoms with Crippen molar-refractivity contribution in [2.24, 2.45) is 0 Å². The smallest absolute Gasteiger partial charge is 0.307 e. The molecule has 0 saturated carbocycles. The van der Waals surface area contributed by atoms with Gasteiger partial charge < -0.3 is 5.32 Å². The molecule has 0 saturated heterocycles. The van der Waals surface area contributed by atoms with E-state index in [0.29, 0.717) is 5.69 Å². The molecule has 0 fully saturated rings. The second-order valence-electron chi connectivity index (χ2n) is 7.46. The Morgan fingerprint density at radius 1 is 1.07 bits per heavy atom. The molecule has 0 aliphatic rings. The van der Waals surface area contributed by atoms with Crippen LogP contribution < -0.4 is 10.0 Å².